The van der Waals surface area contributed by atoms with Gasteiger partial charge in [0.25, 0.3) is 6.71 Å². The number of nitrogens with zero attached hydrogens (tertiary/aromatic N) is 3. The Balaban J connectivity index is 1.17. The van der Waals surface area contributed by atoms with Gasteiger partial charge in [0.1, 0.15) is 0 Å². The van der Waals surface area contributed by atoms with E-state index in [1.807, 2.05) is 0 Å². The summed E-state index contributed by atoms with van der Waals surface area (Å²) < 4.78 is 5.55. The van der Waals surface area contributed by atoms with Gasteiger partial charge in [0.05, 0.1) is 28.1 Å². The summed E-state index contributed by atoms with van der Waals surface area (Å²) in [6.07, 6.45) is 7.04. The van der Waals surface area contributed by atoms with E-state index in [1.54, 1.807) is 5.56 Å². The van der Waals surface area contributed by atoms with Crippen molar-refractivity contribution in [2.24, 2.45) is 0 Å². The Hall–Kier alpha value is -6.82. The molecular formula is C84H94BN3S. The average Bonchev–Trinajstić information content (AvgIpc) is 1.68. The van der Waals surface area contributed by atoms with E-state index in [0.717, 1.165) is 25.7 Å². The standard InChI is InChI=1S/C84H94BN3S/c1-49-25-26-50(2)60-45-74-62(43-59(49)60)76-77(89-74)85-67-46-64-66(84(18,19)38-36-82(64,14)15)48-71(67)86(55-31-27-52(28-32-55)78(3,4)5)72-41-56(87-68-39-53(79(6,7)8)29-33-57(68)58-34-30-54(40-69(58)87)80(9,10)11)42-73(75(72)85)88(76)70-47-65-63(81(12,13)35-37-83(65,16)17)44-61(70)51-23-21-20-22-24-51/h20-24,27-34,39-50H,25-26,35-38H2,1-19H3. The molecule has 0 radical (unpaired) electrons. The molecule has 0 saturated carbocycles. The highest BCUT2D eigenvalue weighted by Crippen LogP contribution is 2.57. The van der Waals surface area contributed by atoms with Crippen LogP contribution in [0.5, 0.6) is 0 Å². The van der Waals surface area contributed by atoms with Gasteiger partial charge < -0.3 is 14.4 Å². The van der Waals surface area contributed by atoms with E-state index in [-0.39, 0.29) is 44.6 Å². The molecule has 0 fully saturated rings. The summed E-state index contributed by atoms with van der Waals surface area (Å²) in [6, 6.07) is 57.4. The van der Waals surface area contributed by atoms with E-state index in [1.165, 1.54) is 156 Å². The summed E-state index contributed by atoms with van der Waals surface area (Å²) in [5.74, 6) is 0.991. The smallest absolute Gasteiger partial charge is 0.264 e. The Morgan fingerprint density at radius 1 is 0.438 bits per heavy atom. The third kappa shape index (κ3) is 8.97. The third-order valence-electron chi connectivity index (χ3n) is 23.0. The first kappa shape index (κ1) is 58.6. The first-order valence-electron chi connectivity index (χ1n) is 33.8. The van der Waals surface area contributed by atoms with Gasteiger partial charge in [0, 0.05) is 53.9 Å². The zero-order valence-corrected chi connectivity index (χ0v) is 57.8. The van der Waals surface area contributed by atoms with E-state index in [0.29, 0.717) is 11.8 Å². The summed E-state index contributed by atoms with van der Waals surface area (Å²) >= 11 is 2.09. The maximum absolute atomic E-state index is 2.86. The number of rotatable bonds is 4. The van der Waals surface area contributed by atoms with E-state index >= 15 is 0 Å². The van der Waals surface area contributed by atoms with Gasteiger partial charge in [-0.05, 0) is 222 Å². The van der Waals surface area contributed by atoms with Crippen LogP contribution in [0.2, 0.25) is 0 Å². The van der Waals surface area contributed by atoms with Crippen LogP contribution in [0, 0.1) is 0 Å². The number of anilines is 6. The molecule has 5 aliphatic rings. The summed E-state index contributed by atoms with van der Waals surface area (Å²) in [6.45, 7) is 46.3. The Labute approximate surface area is 537 Å². The number of fused-ring (bicyclic) bond motifs is 12. The molecule has 89 heavy (non-hydrogen) atoms. The summed E-state index contributed by atoms with van der Waals surface area (Å²) in [5, 5.41) is 3.97. The first-order valence-corrected chi connectivity index (χ1v) is 34.6. The fourth-order valence-electron chi connectivity index (χ4n) is 16.9. The SMILES string of the molecule is CC1CCC(C)c2cc3c4c(sc3cc21)B1c2cc3c(cc2N(c2ccc(C(C)(C)C)cc2)c2cc(-n5c6cc(C(C)(C)C)ccc6c6ccc(C(C)(C)C)cc65)cc(c21)N4c1cc2c(cc1-c1ccccc1)C(C)(C)CCC2(C)C)C(C)(C)CCC3(C)C. The van der Waals surface area contributed by atoms with Crippen LogP contribution in [-0.2, 0) is 37.9 Å². The Morgan fingerprint density at radius 2 is 0.910 bits per heavy atom. The molecule has 2 aliphatic heterocycles. The van der Waals surface area contributed by atoms with Crippen LogP contribution < -0.4 is 25.5 Å². The number of aromatic nitrogens is 1. The van der Waals surface area contributed by atoms with Crippen LogP contribution >= 0.6 is 11.3 Å². The van der Waals surface area contributed by atoms with Gasteiger partial charge in [0.15, 0.2) is 0 Å². The largest absolute Gasteiger partial charge is 0.311 e. The lowest BCUT2D eigenvalue weighted by Crippen LogP contribution is -2.61. The second-order valence-corrected chi connectivity index (χ2v) is 35.1. The van der Waals surface area contributed by atoms with Gasteiger partial charge in [-0.2, -0.15) is 0 Å². The molecule has 2 atom stereocenters. The average molecular weight is 1190 g/mol. The van der Waals surface area contributed by atoms with Crippen molar-refractivity contribution in [2.75, 3.05) is 9.80 Å². The van der Waals surface area contributed by atoms with E-state index in [4.69, 9.17) is 0 Å². The van der Waals surface area contributed by atoms with Crippen LogP contribution in [0.1, 0.15) is 232 Å². The first-order chi connectivity index (χ1) is 41.8. The summed E-state index contributed by atoms with van der Waals surface area (Å²) in [7, 11) is 0. The van der Waals surface area contributed by atoms with E-state index in [2.05, 4.69) is 297 Å². The fraction of sp³-hybridized carbons (Fsp3) is 0.405. The van der Waals surface area contributed by atoms with Crippen LogP contribution in [0.15, 0.2) is 140 Å². The predicted molar refractivity (Wildman–Crippen MR) is 388 cm³/mol. The second-order valence-electron chi connectivity index (χ2n) is 34.0. The predicted octanol–water partition coefficient (Wildman–Crippen LogP) is 22.3. The molecule has 0 bridgehead atoms. The van der Waals surface area contributed by atoms with Crippen molar-refractivity contribution in [2.45, 2.75) is 220 Å². The van der Waals surface area contributed by atoms with E-state index in [9.17, 15) is 0 Å². The molecule has 0 amide bonds. The van der Waals surface area contributed by atoms with E-state index < -0.39 is 0 Å². The molecule has 5 heteroatoms. The number of hydrogen-bond acceptors (Lipinski definition) is 3. The van der Waals surface area contributed by atoms with Crippen molar-refractivity contribution in [1.29, 1.82) is 0 Å². The monoisotopic (exact) mass is 1190 g/mol. The highest BCUT2D eigenvalue weighted by Gasteiger charge is 2.50. The Morgan fingerprint density at radius 3 is 1.44 bits per heavy atom. The highest BCUT2D eigenvalue weighted by atomic mass is 32.1. The Kier molecular flexibility index (Phi) is 12.7. The zero-order chi connectivity index (χ0) is 62.8. The normalized spacial score (nSPS) is 19.7. The van der Waals surface area contributed by atoms with Gasteiger partial charge >= 0.3 is 0 Å². The lowest BCUT2D eigenvalue weighted by atomic mass is 9.35. The zero-order valence-electron chi connectivity index (χ0n) is 57.0. The van der Waals surface area contributed by atoms with Crippen molar-refractivity contribution in [3.63, 3.8) is 0 Å². The topological polar surface area (TPSA) is 11.4 Å². The molecule has 454 valence electrons. The van der Waals surface area contributed by atoms with Crippen molar-refractivity contribution in [3.05, 3.63) is 190 Å². The highest BCUT2D eigenvalue weighted by molar-refractivity contribution is 7.33. The van der Waals surface area contributed by atoms with Gasteiger partial charge in [-0.3, -0.25) is 0 Å². The minimum atomic E-state index is -0.0629. The summed E-state index contributed by atoms with van der Waals surface area (Å²) in [4.78, 5) is 5.60. The molecule has 3 nitrogen and oxygen atoms in total. The molecule has 2 unspecified atom stereocenters. The molecular weight excluding hydrogens is 1090 g/mol. The molecule has 8 aromatic carbocycles. The van der Waals surface area contributed by atoms with Gasteiger partial charge in [-0.1, -0.05) is 204 Å². The molecule has 4 heterocycles. The third-order valence-corrected chi connectivity index (χ3v) is 24.2. The molecule has 0 spiro atoms. The van der Waals surface area contributed by atoms with Gasteiger partial charge in [-0.25, -0.2) is 0 Å². The quantitative estimate of drug-likeness (QED) is 0.163. The van der Waals surface area contributed by atoms with Crippen molar-refractivity contribution in [1.82, 2.24) is 4.57 Å². The van der Waals surface area contributed by atoms with Crippen LogP contribution in [0.3, 0.4) is 0 Å². The van der Waals surface area contributed by atoms with Gasteiger partial charge in [-0.15, -0.1) is 11.3 Å². The lowest BCUT2D eigenvalue weighted by molar-refractivity contribution is 0.332. The summed E-state index contributed by atoms with van der Waals surface area (Å²) in [5.41, 5.74) is 29.6. The van der Waals surface area contributed by atoms with Gasteiger partial charge in [0.2, 0.25) is 0 Å². The van der Waals surface area contributed by atoms with Crippen molar-refractivity contribution in [3.8, 4) is 16.8 Å². The molecule has 0 N–H and O–H groups in total. The number of hydrogen-bond donors (Lipinski definition) is 0. The van der Waals surface area contributed by atoms with Crippen LogP contribution in [0.25, 0.3) is 48.7 Å². The molecule has 2 aromatic heterocycles. The molecule has 0 saturated heterocycles. The van der Waals surface area contributed by atoms with Crippen molar-refractivity contribution >= 4 is 99.8 Å². The Bertz CT molecular complexity index is 4520. The molecule has 3 aliphatic carbocycles. The fourth-order valence-corrected chi connectivity index (χ4v) is 18.3. The van der Waals surface area contributed by atoms with Crippen LogP contribution in [0.4, 0.5) is 34.1 Å². The minimum Gasteiger partial charge on any atom is -0.311 e. The second kappa shape index (κ2) is 19.4. The maximum atomic E-state index is 2.86. The number of benzene rings is 8. The number of thiophene rings is 1. The van der Waals surface area contributed by atoms with Crippen molar-refractivity contribution < 1.29 is 0 Å². The lowest BCUT2D eigenvalue weighted by Gasteiger charge is -2.47. The molecule has 10 aromatic rings. The minimum absolute atomic E-state index is 0.00368. The maximum Gasteiger partial charge on any atom is 0.264 e. The molecule has 15 rings (SSSR count). The van der Waals surface area contributed by atoms with Crippen LogP contribution in [-0.4, -0.2) is 11.3 Å².